The molecule has 1 aromatic carbocycles. The van der Waals surface area contributed by atoms with Gasteiger partial charge in [-0.25, -0.2) is 0 Å². The molecule has 1 aromatic heterocycles. The van der Waals surface area contributed by atoms with Crippen LogP contribution in [0.15, 0.2) is 48.8 Å². The molecule has 0 saturated carbocycles. The Kier molecular flexibility index (Phi) is 5.25. The molecule has 2 aromatic rings. The van der Waals surface area contributed by atoms with E-state index in [1.807, 2.05) is 31.2 Å². The summed E-state index contributed by atoms with van der Waals surface area (Å²) in [6.07, 6.45) is 3.16. The van der Waals surface area contributed by atoms with Gasteiger partial charge in [0.15, 0.2) is 0 Å². The SMILES string of the molecule is COC(=O)CC(NC(=O)c1cccnc1)c1cccc(C)c1. The van der Waals surface area contributed by atoms with Gasteiger partial charge in [0.25, 0.3) is 5.91 Å². The lowest BCUT2D eigenvalue weighted by molar-refractivity contribution is -0.141. The number of rotatable bonds is 5. The summed E-state index contributed by atoms with van der Waals surface area (Å²) in [5.41, 5.74) is 2.37. The molecule has 2 rings (SSSR count). The number of aromatic nitrogens is 1. The lowest BCUT2D eigenvalue weighted by Crippen LogP contribution is -2.30. The highest BCUT2D eigenvalue weighted by molar-refractivity contribution is 5.94. The first-order valence-corrected chi connectivity index (χ1v) is 6.94. The van der Waals surface area contributed by atoms with Crippen molar-refractivity contribution in [3.8, 4) is 0 Å². The molecule has 0 fully saturated rings. The average Bonchev–Trinajstić information content (AvgIpc) is 2.54. The third-order valence-electron chi connectivity index (χ3n) is 3.27. The van der Waals surface area contributed by atoms with Crippen LogP contribution in [0.5, 0.6) is 0 Å². The number of ether oxygens (including phenoxy) is 1. The van der Waals surface area contributed by atoms with Gasteiger partial charge in [-0.1, -0.05) is 29.8 Å². The molecule has 1 N–H and O–H groups in total. The third-order valence-corrected chi connectivity index (χ3v) is 3.27. The molecule has 0 saturated heterocycles. The standard InChI is InChI=1S/C17H18N2O3/c1-12-5-3-6-13(9-12)15(10-16(20)22-2)19-17(21)14-7-4-8-18-11-14/h3-9,11,15H,10H2,1-2H3,(H,19,21). The summed E-state index contributed by atoms with van der Waals surface area (Å²) in [5.74, 6) is -0.651. The predicted octanol–water partition coefficient (Wildman–Crippen LogP) is 2.42. The van der Waals surface area contributed by atoms with E-state index in [9.17, 15) is 9.59 Å². The summed E-state index contributed by atoms with van der Waals surface area (Å²) in [7, 11) is 1.33. The van der Waals surface area contributed by atoms with Crippen LogP contribution in [-0.4, -0.2) is 24.0 Å². The van der Waals surface area contributed by atoms with Crippen LogP contribution in [-0.2, 0) is 9.53 Å². The van der Waals surface area contributed by atoms with Crippen molar-refractivity contribution in [2.45, 2.75) is 19.4 Å². The Morgan fingerprint density at radius 2 is 2.09 bits per heavy atom. The van der Waals surface area contributed by atoms with E-state index in [1.165, 1.54) is 13.3 Å². The Bertz CT molecular complexity index is 656. The fourth-order valence-electron chi connectivity index (χ4n) is 2.13. The molecule has 1 unspecified atom stereocenters. The first-order chi connectivity index (χ1) is 10.6. The molecule has 22 heavy (non-hydrogen) atoms. The Labute approximate surface area is 129 Å². The second kappa shape index (κ2) is 7.36. The molecule has 0 bridgehead atoms. The molecular weight excluding hydrogens is 280 g/mol. The Hall–Kier alpha value is -2.69. The van der Waals surface area contributed by atoms with E-state index < -0.39 is 6.04 Å². The number of amides is 1. The molecule has 0 aliphatic carbocycles. The van der Waals surface area contributed by atoms with Gasteiger partial charge in [0.1, 0.15) is 0 Å². The minimum Gasteiger partial charge on any atom is -0.469 e. The van der Waals surface area contributed by atoms with E-state index in [0.717, 1.165) is 11.1 Å². The second-order valence-corrected chi connectivity index (χ2v) is 4.96. The van der Waals surface area contributed by atoms with Gasteiger partial charge < -0.3 is 10.1 Å². The number of methoxy groups -OCH3 is 1. The number of nitrogens with zero attached hydrogens (tertiary/aromatic N) is 1. The number of carbonyl (C=O) groups is 2. The van der Waals surface area contributed by atoms with Gasteiger partial charge in [-0.15, -0.1) is 0 Å². The van der Waals surface area contributed by atoms with Crippen molar-refractivity contribution in [3.63, 3.8) is 0 Å². The van der Waals surface area contributed by atoms with Crippen LogP contribution in [0, 0.1) is 6.92 Å². The van der Waals surface area contributed by atoms with Crippen LogP contribution in [0.25, 0.3) is 0 Å². The Morgan fingerprint density at radius 3 is 2.73 bits per heavy atom. The van der Waals surface area contributed by atoms with Crippen LogP contribution in [0.4, 0.5) is 0 Å². The first-order valence-electron chi connectivity index (χ1n) is 6.94. The second-order valence-electron chi connectivity index (χ2n) is 4.96. The highest BCUT2D eigenvalue weighted by atomic mass is 16.5. The van der Waals surface area contributed by atoms with E-state index in [4.69, 9.17) is 4.74 Å². The molecular formula is C17H18N2O3. The van der Waals surface area contributed by atoms with Gasteiger partial charge >= 0.3 is 5.97 Å². The number of nitrogens with one attached hydrogen (secondary N) is 1. The van der Waals surface area contributed by atoms with Gasteiger partial charge in [0, 0.05) is 12.4 Å². The van der Waals surface area contributed by atoms with E-state index in [2.05, 4.69) is 10.3 Å². The molecule has 0 aliphatic rings. The normalized spacial score (nSPS) is 11.5. The largest absolute Gasteiger partial charge is 0.469 e. The summed E-state index contributed by atoms with van der Waals surface area (Å²) < 4.78 is 4.72. The Balaban J connectivity index is 2.21. The molecule has 5 heteroatoms. The Morgan fingerprint density at radius 1 is 1.27 bits per heavy atom. The maximum absolute atomic E-state index is 12.3. The van der Waals surface area contributed by atoms with Crippen molar-refractivity contribution >= 4 is 11.9 Å². The van der Waals surface area contributed by atoms with Crippen molar-refractivity contribution < 1.29 is 14.3 Å². The number of esters is 1. The van der Waals surface area contributed by atoms with Gasteiger partial charge in [-0.2, -0.15) is 0 Å². The number of hydrogen-bond acceptors (Lipinski definition) is 4. The van der Waals surface area contributed by atoms with E-state index in [0.29, 0.717) is 5.56 Å². The summed E-state index contributed by atoms with van der Waals surface area (Å²) >= 11 is 0. The number of hydrogen-bond donors (Lipinski definition) is 1. The zero-order valence-corrected chi connectivity index (χ0v) is 12.6. The van der Waals surface area contributed by atoms with Gasteiger partial charge in [-0.05, 0) is 24.6 Å². The maximum Gasteiger partial charge on any atom is 0.307 e. The van der Waals surface area contributed by atoms with Crippen molar-refractivity contribution in [1.29, 1.82) is 0 Å². The smallest absolute Gasteiger partial charge is 0.307 e. The number of benzene rings is 1. The van der Waals surface area contributed by atoms with Gasteiger partial charge in [-0.3, -0.25) is 14.6 Å². The molecule has 5 nitrogen and oxygen atoms in total. The van der Waals surface area contributed by atoms with Crippen molar-refractivity contribution in [1.82, 2.24) is 10.3 Å². The summed E-state index contributed by atoms with van der Waals surface area (Å²) in [6.45, 7) is 1.96. The van der Waals surface area contributed by atoms with Crippen molar-refractivity contribution in [2.24, 2.45) is 0 Å². The topological polar surface area (TPSA) is 68.3 Å². The molecule has 0 radical (unpaired) electrons. The predicted molar refractivity (Wildman–Crippen MR) is 82.3 cm³/mol. The zero-order valence-electron chi connectivity index (χ0n) is 12.6. The van der Waals surface area contributed by atoms with Crippen LogP contribution >= 0.6 is 0 Å². The van der Waals surface area contributed by atoms with Gasteiger partial charge in [0.05, 0.1) is 25.1 Å². The van der Waals surface area contributed by atoms with Crippen LogP contribution < -0.4 is 5.32 Å². The monoisotopic (exact) mass is 298 g/mol. The highest BCUT2D eigenvalue weighted by Gasteiger charge is 2.19. The van der Waals surface area contributed by atoms with Gasteiger partial charge in [0.2, 0.25) is 0 Å². The summed E-state index contributed by atoms with van der Waals surface area (Å²) in [6, 6.07) is 10.6. The van der Waals surface area contributed by atoms with E-state index in [1.54, 1.807) is 18.3 Å². The van der Waals surface area contributed by atoms with Crippen LogP contribution in [0.2, 0.25) is 0 Å². The molecule has 0 aliphatic heterocycles. The van der Waals surface area contributed by atoms with Crippen molar-refractivity contribution in [2.75, 3.05) is 7.11 Å². The highest BCUT2D eigenvalue weighted by Crippen LogP contribution is 2.19. The lowest BCUT2D eigenvalue weighted by Gasteiger charge is -2.18. The number of aryl methyl sites for hydroxylation is 1. The third kappa shape index (κ3) is 4.15. The van der Waals surface area contributed by atoms with Crippen LogP contribution in [0.3, 0.4) is 0 Å². The maximum atomic E-state index is 12.3. The lowest BCUT2D eigenvalue weighted by atomic mass is 10.0. The quantitative estimate of drug-likeness (QED) is 0.861. The van der Waals surface area contributed by atoms with Crippen molar-refractivity contribution in [3.05, 3.63) is 65.5 Å². The van der Waals surface area contributed by atoms with E-state index in [-0.39, 0.29) is 18.3 Å². The minimum absolute atomic E-state index is 0.0754. The summed E-state index contributed by atoms with van der Waals surface area (Å²) in [4.78, 5) is 27.8. The number of pyridine rings is 1. The summed E-state index contributed by atoms with van der Waals surface area (Å²) in [5, 5.41) is 2.86. The molecule has 0 spiro atoms. The van der Waals surface area contributed by atoms with Crippen LogP contribution in [0.1, 0.15) is 33.9 Å². The molecule has 1 heterocycles. The average molecular weight is 298 g/mol. The fourth-order valence-corrected chi connectivity index (χ4v) is 2.13. The fraction of sp³-hybridized carbons (Fsp3) is 0.235. The molecule has 1 atom stereocenters. The molecule has 1 amide bonds. The minimum atomic E-state index is -0.444. The zero-order chi connectivity index (χ0) is 15.9. The number of carbonyl (C=O) groups excluding carboxylic acids is 2. The van der Waals surface area contributed by atoms with E-state index >= 15 is 0 Å². The first kappa shape index (κ1) is 15.7. The molecule has 114 valence electrons.